The fourth-order valence-electron chi connectivity index (χ4n) is 2.88. The van der Waals surface area contributed by atoms with Crippen LogP contribution in [-0.2, 0) is 14.8 Å². The van der Waals surface area contributed by atoms with Gasteiger partial charge in [0.25, 0.3) is 5.91 Å². The Kier molecular flexibility index (Phi) is 6.85. The zero-order valence-corrected chi connectivity index (χ0v) is 16.4. The lowest BCUT2D eigenvalue weighted by Crippen LogP contribution is -2.41. The molecule has 140 valence electrons. The number of ether oxygens (including phenoxy) is 1. The number of halogens is 1. The molecule has 1 amide bonds. The number of carbonyl (C=O) groups is 1. The molecule has 0 radical (unpaired) electrons. The lowest BCUT2D eigenvalue weighted by molar-refractivity contribution is 0.0501. The van der Waals surface area contributed by atoms with E-state index in [0.29, 0.717) is 32.2 Å². The second-order valence-corrected chi connectivity index (χ2v) is 8.91. The molecular formula is C17H25ClN2O4S. The van der Waals surface area contributed by atoms with Crippen molar-refractivity contribution in [3.63, 3.8) is 0 Å². The number of nitrogens with zero attached hydrogens (tertiary/aromatic N) is 2. The van der Waals surface area contributed by atoms with Crippen LogP contribution in [0.4, 0.5) is 0 Å². The van der Waals surface area contributed by atoms with Gasteiger partial charge in [0, 0.05) is 33.8 Å². The van der Waals surface area contributed by atoms with E-state index in [-0.39, 0.29) is 21.4 Å². The van der Waals surface area contributed by atoms with Gasteiger partial charge in [0.05, 0.1) is 22.1 Å². The smallest absolute Gasteiger partial charge is 0.255 e. The molecule has 1 heterocycles. The summed E-state index contributed by atoms with van der Waals surface area (Å²) in [5.74, 6) is 0.0621. The van der Waals surface area contributed by atoms with Crippen LogP contribution in [0.5, 0.6) is 0 Å². The van der Waals surface area contributed by atoms with E-state index in [2.05, 4.69) is 0 Å². The maximum Gasteiger partial charge on any atom is 0.255 e. The molecule has 6 nitrogen and oxygen atoms in total. The zero-order chi connectivity index (χ0) is 18.6. The molecule has 8 heteroatoms. The van der Waals surface area contributed by atoms with Gasteiger partial charge in [0.2, 0.25) is 10.0 Å². The molecule has 1 aromatic carbocycles. The summed E-state index contributed by atoms with van der Waals surface area (Å²) < 4.78 is 31.2. The van der Waals surface area contributed by atoms with Gasteiger partial charge in [-0.25, -0.2) is 12.7 Å². The molecule has 1 fully saturated rings. The van der Waals surface area contributed by atoms with Gasteiger partial charge in [0.1, 0.15) is 0 Å². The maximum absolute atomic E-state index is 12.9. The van der Waals surface area contributed by atoms with E-state index in [1.165, 1.54) is 32.3 Å². The molecule has 1 aliphatic heterocycles. The molecule has 0 spiro atoms. The van der Waals surface area contributed by atoms with Crippen molar-refractivity contribution >= 4 is 27.5 Å². The first-order valence-electron chi connectivity index (χ1n) is 8.36. The van der Waals surface area contributed by atoms with Crippen molar-refractivity contribution in [1.82, 2.24) is 9.21 Å². The standard InChI is InChI=1S/C17H25ClN2O4S/c1-4-24-12-13-6-5-9-20(11-13)17(21)15-10-14(7-8-16(15)18)25(22,23)19(2)3/h7-8,10,13H,4-6,9,11-12H2,1-3H3. The van der Waals surface area contributed by atoms with E-state index >= 15 is 0 Å². The molecule has 25 heavy (non-hydrogen) atoms. The second-order valence-electron chi connectivity index (χ2n) is 6.35. The largest absolute Gasteiger partial charge is 0.381 e. The lowest BCUT2D eigenvalue weighted by Gasteiger charge is -2.33. The Morgan fingerprint density at radius 3 is 2.76 bits per heavy atom. The molecule has 1 saturated heterocycles. The highest BCUT2D eigenvalue weighted by Gasteiger charge is 2.27. The minimum Gasteiger partial charge on any atom is -0.381 e. The Morgan fingerprint density at radius 1 is 1.40 bits per heavy atom. The van der Waals surface area contributed by atoms with Crippen molar-refractivity contribution in [2.75, 3.05) is 40.4 Å². The van der Waals surface area contributed by atoms with Crippen LogP contribution in [0.3, 0.4) is 0 Å². The zero-order valence-electron chi connectivity index (χ0n) is 14.9. The minimum atomic E-state index is -3.62. The highest BCUT2D eigenvalue weighted by atomic mass is 35.5. The highest BCUT2D eigenvalue weighted by Crippen LogP contribution is 2.26. The first kappa shape index (κ1) is 20.2. The van der Waals surface area contributed by atoms with Crippen LogP contribution in [0.1, 0.15) is 30.1 Å². The Morgan fingerprint density at radius 2 is 2.12 bits per heavy atom. The summed E-state index contributed by atoms with van der Waals surface area (Å²) in [6, 6.07) is 4.25. The van der Waals surface area contributed by atoms with Gasteiger partial charge in [-0.2, -0.15) is 0 Å². The number of amides is 1. The third-order valence-corrected chi connectivity index (χ3v) is 6.45. The Balaban J connectivity index is 2.24. The molecule has 1 unspecified atom stereocenters. The third-order valence-electron chi connectivity index (χ3n) is 4.31. The van der Waals surface area contributed by atoms with Gasteiger partial charge in [-0.05, 0) is 43.9 Å². The minimum absolute atomic E-state index is 0.0631. The van der Waals surface area contributed by atoms with E-state index in [1.54, 1.807) is 4.90 Å². The molecular weight excluding hydrogens is 364 g/mol. The van der Waals surface area contributed by atoms with Gasteiger partial charge < -0.3 is 9.64 Å². The average molecular weight is 389 g/mol. The molecule has 1 aliphatic rings. The van der Waals surface area contributed by atoms with E-state index in [4.69, 9.17) is 16.3 Å². The quantitative estimate of drug-likeness (QED) is 0.750. The predicted molar refractivity (Wildman–Crippen MR) is 97.4 cm³/mol. The Bertz CT molecular complexity index is 721. The molecule has 2 rings (SSSR count). The van der Waals surface area contributed by atoms with Crippen LogP contribution in [0.2, 0.25) is 5.02 Å². The number of hydrogen-bond acceptors (Lipinski definition) is 4. The molecule has 0 saturated carbocycles. The van der Waals surface area contributed by atoms with Crippen molar-refractivity contribution in [2.45, 2.75) is 24.7 Å². The average Bonchev–Trinajstić information content (AvgIpc) is 2.59. The van der Waals surface area contributed by atoms with Gasteiger partial charge in [-0.3, -0.25) is 4.79 Å². The van der Waals surface area contributed by atoms with E-state index in [0.717, 1.165) is 17.1 Å². The molecule has 1 aromatic rings. The van der Waals surface area contributed by atoms with Crippen LogP contribution in [0, 0.1) is 5.92 Å². The Labute approximate surface area is 154 Å². The number of rotatable bonds is 6. The summed E-state index contributed by atoms with van der Waals surface area (Å²) in [7, 11) is -0.714. The van der Waals surface area contributed by atoms with Crippen LogP contribution < -0.4 is 0 Å². The van der Waals surface area contributed by atoms with Crippen LogP contribution >= 0.6 is 11.6 Å². The number of sulfonamides is 1. The summed E-state index contributed by atoms with van der Waals surface area (Å²) in [6.07, 6.45) is 1.92. The first-order valence-corrected chi connectivity index (χ1v) is 10.2. The highest BCUT2D eigenvalue weighted by molar-refractivity contribution is 7.89. The van der Waals surface area contributed by atoms with Crippen LogP contribution in [0.25, 0.3) is 0 Å². The third kappa shape index (κ3) is 4.73. The monoisotopic (exact) mass is 388 g/mol. The summed E-state index contributed by atoms with van der Waals surface area (Å²) >= 11 is 6.18. The van der Waals surface area contributed by atoms with Gasteiger partial charge in [-0.1, -0.05) is 11.6 Å². The molecule has 0 aliphatic carbocycles. The van der Waals surface area contributed by atoms with Crippen LogP contribution in [-0.4, -0.2) is 63.9 Å². The number of likely N-dealkylation sites (tertiary alicyclic amines) is 1. The van der Waals surface area contributed by atoms with E-state index in [9.17, 15) is 13.2 Å². The molecule has 0 bridgehead atoms. The van der Waals surface area contributed by atoms with Crippen molar-refractivity contribution in [2.24, 2.45) is 5.92 Å². The van der Waals surface area contributed by atoms with E-state index < -0.39 is 10.0 Å². The SMILES string of the molecule is CCOCC1CCCN(C(=O)c2cc(S(=O)(=O)N(C)C)ccc2Cl)C1. The molecule has 1 atom stereocenters. The number of benzene rings is 1. The number of hydrogen-bond donors (Lipinski definition) is 0. The number of piperidine rings is 1. The first-order chi connectivity index (χ1) is 11.8. The fraction of sp³-hybridized carbons (Fsp3) is 0.588. The van der Waals surface area contributed by atoms with Gasteiger partial charge in [0.15, 0.2) is 0 Å². The lowest BCUT2D eigenvalue weighted by atomic mass is 9.98. The predicted octanol–water partition coefficient (Wildman–Crippen LogP) is 2.48. The number of carbonyl (C=O) groups excluding carboxylic acids is 1. The maximum atomic E-state index is 12.9. The molecule has 0 aromatic heterocycles. The fourth-order valence-corrected chi connectivity index (χ4v) is 4.01. The van der Waals surface area contributed by atoms with Crippen molar-refractivity contribution in [3.05, 3.63) is 28.8 Å². The topological polar surface area (TPSA) is 66.9 Å². The van der Waals surface area contributed by atoms with Crippen molar-refractivity contribution in [1.29, 1.82) is 0 Å². The van der Waals surface area contributed by atoms with Gasteiger partial charge in [-0.15, -0.1) is 0 Å². The van der Waals surface area contributed by atoms with Gasteiger partial charge >= 0.3 is 0 Å². The molecule has 0 N–H and O–H groups in total. The second kappa shape index (κ2) is 8.49. The summed E-state index contributed by atoms with van der Waals surface area (Å²) in [6.45, 7) is 4.47. The summed E-state index contributed by atoms with van der Waals surface area (Å²) in [5.41, 5.74) is 0.224. The van der Waals surface area contributed by atoms with E-state index in [1.807, 2.05) is 6.92 Å². The Hall–Kier alpha value is -1.15. The van der Waals surface area contributed by atoms with Crippen LogP contribution in [0.15, 0.2) is 23.1 Å². The summed E-state index contributed by atoms with van der Waals surface area (Å²) in [4.78, 5) is 14.7. The van der Waals surface area contributed by atoms with Crippen molar-refractivity contribution in [3.8, 4) is 0 Å². The summed E-state index contributed by atoms with van der Waals surface area (Å²) in [5, 5.41) is 0.259. The normalized spacial score (nSPS) is 18.6. The van der Waals surface area contributed by atoms with Crippen molar-refractivity contribution < 1.29 is 17.9 Å².